The van der Waals surface area contributed by atoms with Crippen LogP contribution < -0.4 is 57.8 Å². The highest BCUT2D eigenvalue weighted by molar-refractivity contribution is 6.22. The summed E-state index contributed by atoms with van der Waals surface area (Å²) in [5.41, 5.74) is 13.2. The Labute approximate surface area is 817 Å². The van der Waals surface area contributed by atoms with E-state index in [2.05, 4.69) is 48.6 Å². The molecular formula is C100H106ClF11N8O22. The van der Waals surface area contributed by atoms with Gasteiger partial charge in [0, 0.05) is 54.3 Å². The van der Waals surface area contributed by atoms with Gasteiger partial charge in [-0.1, -0.05) is 50.7 Å². The van der Waals surface area contributed by atoms with Crippen LogP contribution >= 0.6 is 12.4 Å². The monoisotopic (exact) mass is 2020 g/mol. The molecule has 0 bridgehead atoms. The van der Waals surface area contributed by atoms with Gasteiger partial charge in [0.2, 0.25) is 29.5 Å². The third-order valence-corrected chi connectivity index (χ3v) is 18.6. The topological polar surface area (TPSA) is 370 Å². The maximum atomic E-state index is 12.7. The number of hydrogen-bond donors (Lipinski definition) is 2. The van der Waals surface area contributed by atoms with Crippen molar-refractivity contribution >= 4 is 41.8 Å². The van der Waals surface area contributed by atoms with Crippen LogP contribution in [-0.2, 0) is 32.5 Å². The molecule has 13 aromatic rings. The Morgan fingerprint density at radius 3 is 0.951 bits per heavy atom. The summed E-state index contributed by atoms with van der Waals surface area (Å²) < 4.78 is 223. The molecule has 0 saturated carbocycles. The first-order valence-electron chi connectivity index (χ1n) is 43.8. The van der Waals surface area contributed by atoms with Crippen molar-refractivity contribution in [3.8, 4) is 121 Å². The minimum atomic E-state index is -2.99. The lowest BCUT2D eigenvalue weighted by molar-refractivity contribution is -0.0524. The maximum Gasteiger partial charge on any atom is 0.387 e. The van der Waals surface area contributed by atoms with Crippen LogP contribution in [0.25, 0.3) is 57.3 Å². The van der Waals surface area contributed by atoms with Gasteiger partial charge in [-0.3, -0.25) is 38.2 Å². The summed E-state index contributed by atoms with van der Waals surface area (Å²) in [6.45, 7) is 7.34. The van der Waals surface area contributed by atoms with Crippen molar-refractivity contribution in [2.24, 2.45) is 5.73 Å². The van der Waals surface area contributed by atoms with Gasteiger partial charge >= 0.3 is 33.1 Å². The smallest absolute Gasteiger partial charge is 0.387 e. The van der Waals surface area contributed by atoms with E-state index in [1.807, 2.05) is 19.9 Å². The van der Waals surface area contributed by atoms with E-state index in [4.69, 9.17) is 62.7 Å². The Bertz CT molecular complexity index is 5940. The second-order valence-electron chi connectivity index (χ2n) is 30.8. The van der Waals surface area contributed by atoms with E-state index in [0.29, 0.717) is 115 Å². The number of aromatic nitrogens is 5. The number of nitrogens with zero attached hydrogens (tertiary/aromatic N) is 7. The van der Waals surface area contributed by atoms with Gasteiger partial charge in [0.15, 0.2) is 63.3 Å². The number of hydrogen-bond acceptors (Lipinski definition) is 28. The number of ketones is 1. The summed E-state index contributed by atoms with van der Waals surface area (Å²) in [5, 5.41) is 8.96. The number of oxazole rings is 5. The summed E-state index contributed by atoms with van der Waals surface area (Å²) in [4.78, 5) is 83.8. The van der Waals surface area contributed by atoms with Gasteiger partial charge in [-0.2, -0.15) is 43.9 Å². The van der Waals surface area contributed by atoms with Crippen molar-refractivity contribution in [2.75, 3.05) is 20.8 Å². The first kappa shape index (κ1) is 112. The van der Waals surface area contributed by atoms with Crippen molar-refractivity contribution in [2.45, 2.75) is 193 Å². The highest BCUT2D eigenvalue weighted by atomic mass is 35.5. The van der Waals surface area contributed by atoms with Gasteiger partial charge in [0.1, 0.15) is 42.8 Å². The summed E-state index contributed by atoms with van der Waals surface area (Å²) >= 11 is 0. The van der Waals surface area contributed by atoms with Crippen LogP contribution in [0.15, 0.2) is 217 Å². The number of imide groups is 2. The number of nitrogens with two attached hydrogens (primary N) is 1. The van der Waals surface area contributed by atoms with Gasteiger partial charge in [-0.05, 0) is 210 Å². The number of halogens is 12. The van der Waals surface area contributed by atoms with Crippen molar-refractivity contribution in [1.82, 2.24) is 34.7 Å². The molecule has 0 radical (unpaired) electrons. The summed E-state index contributed by atoms with van der Waals surface area (Å²) in [6.07, 6.45) is 7.44. The highest BCUT2D eigenvalue weighted by Gasteiger charge is 2.37. The lowest BCUT2D eigenvalue weighted by atomic mass is 10.0. The first-order valence-corrected chi connectivity index (χ1v) is 43.1. The zero-order chi connectivity index (χ0) is 103. The first-order chi connectivity index (χ1) is 67.3. The molecule has 0 spiro atoms. The number of carbonyl (C=O) groups is 5. The van der Waals surface area contributed by atoms with Crippen LogP contribution in [0.5, 0.6) is 63.2 Å². The molecule has 0 unspecified atom stereocenters. The van der Waals surface area contributed by atoms with Gasteiger partial charge in [0.05, 0.1) is 109 Å². The molecule has 8 aromatic carbocycles. The number of aliphatic hydroxyl groups excluding tert-OH is 1. The zero-order valence-corrected chi connectivity index (χ0v) is 79.0. The van der Waals surface area contributed by atoms with E-state index in [1.165, 1.54) is 92.8 Å². The van der Waals surface area contributed by atoms with Crippen LogP contribution in [0.2, 0.25) is 0 Å². The molecule has 15 rings (SSSR count). The summed E-state index contributed by atoms with van der Waals surface area (Å²) in [7, 11) is 0.491. The van der Waals surface area contributed by atoms with Gasteiger partial charge in [-0.15, -0.1) is 12.4 Å². The molecule has 3 N–H and O–H groups in total. The number of aliphatic hydroxyl groups is 1. The van der Waals surface area contributed by atoms with Crippen LogP contribution in [0, 0.1) is 0 Å². The molecule has 0 saturated heterocycles. The van der Waals surface area contributed by atoms with Crippen molar-refractivity contribution < 1.29 is 153 Å². The fraction of sp³-hybridized carbons (Fsp3) is 0.320. The Balaban J connectivity index is 0.000000235. The molecule has 762 valence electrons. The van der Waals surface area contributed by atoms with E-state index in [0.717, 1.165) is 21.9 Å². The third-order valence-electron chi connectivity index (χ3n) is 18.6. The molecule has 0 aliphatic carbocycles. The van der Waals surface area contributed by atoms with Crippen LogP contribution in [0.4, 0.5) is 48.3 Å². The largest absolute Gasteiger partial charge is 0.493 e. The molecule has 0 atom stereocenters. The number of benzene rings is 8. The number of ether oxygens (including phenoxy) is 11. The molecule has 4 amide bonds. The van der Waals surface area contributed by atoms with Gasteiger partial charge in [0.25, 0.3) is 23.6 Å². The molecule has 30 nitrogen and oxygen atoms in total. The number of alkyl halides is 11. The number of carbonyl (C=O) groups excluding carboxylic acids is 5. The number of aryl methyl sites for hydroxylation is 2. The van der Waals surface area contributed by atoms with Crippen LogP contribution in [-0.4, -0.2) is 154 Å². The molecule has 42 heteroatoms. The molecule has 7 heterocycles. The summed E-state index contributed by atoms with van der Waals surface area (Å²) in [6, 6.07) is 42.9. The SMILES string of the molecule is C.CC(C)Oc1cc(-c2nc(CN)co2)ccc1OC(F)F.CC(C)Oc1cc(-c2nc(CN3C(=O)c4ccccc4C3=O)co2)ccc1OC(F)F.CC(C)Oc1cc(-c2nc(CO)co2)ccc1OC(F)F.CCOc1ccccc1C(=O)CCc1coc(-c2ccc(OC(F)F)c(OC(C)C)c2)n1.CCc1coc(-c2ccc(OC(F)F)c(OC(C)C)c2)n1.CN1C(=O)c2ccccc2C1=O.Cl.[2H]CF. The normalized spacial score (nSPS) is 11.8. The lowest BCUT2D eigenvalue weighted by Crippen LogP contribution is -2.29. The minimum Gasteiger partial charge on any atom is -0.493 e. The zero-order valence-electron chi connectivity index (χ0n) is 79.2. The Morgan fingerprint density at radius 1 is 0.387 bits per heavy atom. The van der Waals surface area contributed by atoms with Crippen LogP contribution in [0.3, 0.4) is 0 Å². The fourth-order valence-corrected chi connectivity index (χ4v) is 12.8. The highest BCUT2D eigenvalue weighted by Crippen LogP contribution is 2.41. The molecule has 2 aliphatic rings. The van der Waals surface area contributed by atoms with Crippen LogP contribution in [0.1, 0.15) is 179 Å². The lowest BCUT2D eigenvalue weighted by Gasteiger charge is -2.15. The van der Waals surface area contributed by atoms with Crippen molar-refractivity contribution in [3.05, 3.63) is 251 Å². The second-order valence-corrected chi connectivity index (χ2v) is 30.8. The number of para-hydroxylation sites is 1. The maximum absolute atomic E-state index is 12.7. The number of fused-ring (bicyclic) bond motifs is 2. The van der Waals surface area contributed by atoms with E-state index < -0.39 is 52.0 Å². The van der Waals surface area contributed by atoms with Gasteiger partial charge < -0.3 is 85.0 Å². The number of Topliss-reactive ketones (excluding diaryl/α,β-unsaturated/α-hetero) is 1. The van der Waals surface area contributed by atoms with E-state index >= 15 is 0 Å². The van der Waals surface area contributed by atoms with Gasteiger partial charge in [-0.25, -0.2) is 24.9 Å². The average molecular weight is 2020 g/mol. The molecule has 5 aromatic heterocycles. The quantitative estimate of drug-likeness (QED) is 0.0209. The molecule has 142 heavy (non-hydrogen) atoms. The molecular weight excluding hydrogens is 1910 g/mol. The standard InChI is InChI=1S/C24H25F2NO5.C22H18F2N2O5.C15H17F2NO3.C14H16F2N2O3.C14H15F2NO4.C9H7NO2.CH3F.CH4.ClH/c1-4-29-20-8-6-5-7-18(20)19(28)11-10-17-14-30-23(27-17)16-9-12-21(32-24(25)26)22(13-16)31-15(2)3;1-12(2)30-18-9-13(7-8-17(18)31-22(23)24)19-25-14(11-29-19)10-26-20(27)15-5-3-4-6-16(15)21(26)28;1-4-11-8-19-14(18-11)10-5-6-12(21-15(16)17)13(7-10)20-9(2)3;1-8(2)20-12-5-9(3-4-11(12)21-14(15)16)13-18-10(6-17)7-19-13;1-8(2)20-12-5-9(3-4-11(12)21-14(15)16)13-17-10(6-18)7-19-13;1-10-8(11)6-4-2-3-5-7(6)9(10)12;1-2;;/h5-9,12-15,24H,4,10-11H2,1-3H3;3-9,11-12,22H,10H2,1-2H3;5-9,15H,4H2,1-3H3;3-5,7-8,14H,6,17H2,1-2H3;3-5,7-8,14,18H,6H2,1-2H3;2-5H,1H3;1H3;1H4;1H/i;;;;;;1D;;. The predicted octanol–water partition coefficient (Wildman–Crippen LogP) is 23.7. The minimum absolute atomic E-state index is 0. The van der Waals surface area contributed by atoms with Crippen molar-refractivity contribution in [3.63, 3.8) is 0 Å². The fourth-order valence-electron chi connectivity index (χ4n) is 12.8. The Kier molecular flexibility index (Phi) is 43.6. The molecule has 0 fully saturated rings. The van der Waals surface area contributed by atoms with E-state index in [9.17, 15) is 72.3 Å². The van der Waals surface area contributed by atoms with E-state index in [1.54, 1.807) is 173 Å². The van der Waals surface area contributed by atoms with Crippen molar-refractivity contribution in [1.29, 1.82) is 0 Å². The number of rotatable bonds is 36. The van der Waals surface area contributed by atoms with E-state index in [-0.39, 0.29) is 163 Å². The average Bonchev–Trinajstić information content (AvgIpc) is 1.59. The molecule has 2 aliphatic heterocycles. The predicted molar refractivity (Wildman–Crippen MR) is 500 cm³/mol. The number of amides is 4. The third kappa shape index (κ3) is 32.8. The second kappa shape index (κ2) is 55.1. The Hall–Kier alpha value is -15.0. The summed E-state index contributed by atoms with van der Waals surface area (Å²) in [5.74, 6) is 1.40. The Morgan fingerprint density at radius 2 is 0.662 bits per heavy atom.